The number of hydrogen-bond donors (Lipinski definition) is 4. The second-order valence-electron chi connectivity index (χ2n) is 12.6. The molecule has 39 heavy (non-hydrogen) atoms. The van der Waals surface area contributed by atoms with Crippen molar-refractivity contribution in [2.45, 2.75) is 121 Å². The minimum absolute atomic E-state index is 0.0458. The lowest BCUT2D eigenvalue weighted by Crippen LogP contribution is -2.60. The molecule has 3 aliphatic carbocycles. The molecule has 1 aliphatic heterocycles. The number of likely N-dealkylation sites (tertiary alicyclic amines) is 1. The first-order valence-corrected chi connectivity index (χ1v) is 15.6. The third-order valence-corrected chi connectivity index (χ3v) is 10.2. The maximum atomic E-state index is 13.7. The van der Waals surface area contributed by atoms with Gasteiger partial charge < -0.3 is 25.4 Å². The van der Waals surface area contributed by atoms with Gasteiger partial charge in [0.25, 0.3) is 5.91 Å². The summed E-state index contributed by atoms with van der Waals surface area (Å²) in [5.74, 6) is -2.20. The van der Waals surface area contributed by atoms with Gasteiger partial charge in [-0.3, -0.25) is 19.1 Å². The van der Waals surface area contributed by atoms with Gasteiger partial charge in [-0.05, 0) is 56.3 Å². The predicted octanol–water partition coefficient (Wildman–Crippen LogP) is 0.925. The Morgan fingerprint density at radius 2 is 1.74 bits per heavy atom. The van der Waals surface area contributed by atoms with Gasteiger partial charge in [-0.1, -0.05) is 34.1 Å². The van der Waals surface area contributed by atoms with E-state index in [0.29, 0.717) is 19.3 Å². The highest BCUT2D eigenvalue weighted by Crippen LogP contribution is 2.47. The minimum Gasteiger partial charge on any atom is -0.446 e. The van der Waals surface area contributed by atoms with Crippen molar-refractivity contribution in [2.75, 3.05) is 6.54 Å². The van der Waals surface area contributed by atoms with Crippen LogP contribution >= 0.6 is 0 Å². The number of alkyl carbamates (subject to hydrolysis) is 1. The zero-order valence-corrected chi connectivity index (χ0v) is 24.0. The summed E-state index contributed by atoms with van der Waals surface area (Å²) in [4.78, 5) is 54.2. The number of aliphatic hydroxyl groups excluding tert-OH is 1. The molecule has 4 fully saturated rings. The molecule has 0 unspecified atom stereocenters. The van der Waals surface area contributed by atoms with Gasteiger partial charge in [-0.25, -0.2) is 13.2 Å². The van der Waals surface area contributed by atoms with Crippen LogP contribution in [-0.2, 0) is 29.1 Å². The quantitative estimate of drug-likeness (QED) is 0.317. The molecule has 1 heterocycles. The molecule has 4 rings (SSSR count). The number of carbonyl (C=O) groups excluding carboxylic acids is 4. The largest absolute Gasteiger partial charge is 0.446 e. The summed E-state index contributed by atoms with van der Waals surface area (Å²) in [6, 6.07) is -2.12. The molecule has 220 valence electrons. The van der Waals surface area contributed by atoms with Crippen LogP contribution in [0.5, 0.6) is 0 Å². The summed E-state index contributed by atoms with van der Waals surface area (Å²) < 4.78 is 32.4. The van der Waals surface area contributed by atoms with Gasteiger partial charge in [0.1, 0.15) is 23.7 Å². The van der Waals surface area contributed by atoms with Crippen LogP contribution in [0.2, 0.25) is 0 Å². The first kappa shape index (κ1) is 29.6. The van der Waals surface area contributed by atoms with Gasteiger partial charge in [0.05, 0.1) is 11.4 Å². The van der Waals surface area contributed by atoms with Crippen molar-refractivity contribution in [3.63, 3.8) is 0 Å². The second-order valence-corrected chi connectivity index (χ2v) is 14.6. The first-order chi connectivity index (χ1) is 18.2. The highest BCUT2D eigenvalue weighted by atomic mass is 32.2. The number of nitrogens with one attached hydrogen (secondary N) is 3. The molecule has 4 amide bonds. The fourth-order valence-corrected chi connectivity index (χ4v) is 7.09. The van der Waals surface area contributed by atoms with Crippen LogP contribution in [0.3, 0.4) is 0 Å². The van der Waals surface area contributed by atoms with Crippen molar-refractivity contribution >= 4 is 33.8 Å². The van der Waals surface area contributed by atoms with E-state index in [2.05, 4.69) is 15.4 Å². The van der Waals surface area contributed by atoms with Crippen LogP contribution < -0.4 is 15.4 Å². The summed E-state index contributed by atoms with van der Waals surface area (Å²) >= 11 is 0. The topological polar surface area (TPSA) is 171 Å². The average Bonchev–Trinajstić information content (AvgIpc) is 3.72. The van der Waals surface area contributed by atoms with E-state index in [-0.39, 0.29) is 31.4 Å². The lowest BCUT2D eigenvalue weighted by atomic mass is 9.85. The summed E-state index contributed by atoms with van der Waals surface area (Å²) in [5, 5.41) is 15.2. The van der Waals surface area contributed by atoms with E-state index >= 15 is 0 Å². The van der Waals surface area contributed by atoms with Gasteiger partial charge >= 0.3 is 6.09 Å². The predicted molar refractivity (Wildman–Crippen MR) is 141 cm³/mol. The number of carbonyl (C=O) groups is 4. The van der Waals surface area contributed by atoms with Gasteiger partial charge in [0.2, 0.25) is 21.8 Å². The van der Waals surface area contributed by atoms with E-state index in [1.54, 1.807) is 20.8 Å². The molecular formula is C26H42N4O8S. The van der Waals surface area contributed by atoms with E-state index in [1.165, 1.54) is 4.90 Å². The monoisotopic (exact) mass is 570 g/mol. The number of amides is 4. The van der Waals surface area contributed by atoms with Crippen LogP contribution in [0.1, 0.15) is 85.5 Å². The number of sulfonamides is 1. The van der Waals surface area contributed by atoms with Crippen molar-refractivity contribution < 1.29 is 37.4 Å². The van der Waals surface area contributed by atoms with E-state index in [4.69, 9.17) is 4.74 Å². The van der Waals surface area contributed by atoms with E-state index in [0.717, 1.165) is 25.7 Å². The van der Waals surface area contributed by atoms with E-state index in [9.17, 15) is 32.7 Å². The van der Waals surface area contributed by atoms with Crippen molar-refractivity contribution in [1.29, 1.82) is 0 Å². The van der Waals surface area contributed by atoms with Gasteiger partial charge in [0.15, 0.2) is 0 Å². The normalized spacial score (nSPS) is 30.0. The number of aliphatic hydroxyl groups is 1. The Kier molecular flexibility index (Phi) is 8.24. The number of nitrogens with zero attached hydrogens (tertiary/aromatic N) is 1. The highest BCUT2D eigenvalue weighted by molar-refractivity contribution is 7.91. The molecule has 0 bridgehead atoms. The van der Waals surface area contributed by atoms with Crippen LogP contribution in [0, 0.1) is 11.3 Å². The zero-order valence-electron chi connectivity index (χ0n) is 23.2. The van der Waals surface area contributed by atoms with Crippen molar-refractivity contribution in [2.24, 2.45) is 11.3 Å². The molecule has 13 heteroatoms. The average molecular weight is 571 g/mol. The Morgan fingerprint density at radius 3 is 2.28 bits per heavy atom. The van der Waals surface area contributed by atoms with Gasteiger partial charge in [0, 0.05) is 13.0 Å². The number of β-amino-alcohol motifs (C(OH)–C–C–N with tert-alkyl or cyclic N) is 1. The van der Waals surface area contributed by atoms with E-state index < -0.39 is 68.2 Å². The summed E-state index contributed by atoms with van der Waals surface area (Å²) in [6.07, 6.45) is 3.41. The molecule has 0 aromatic heterocycles. The molecule has 5 atom stereocenters. The number of rotatable bonds is 9. The fraction of sp³-hybridized carbons (Fsp3) is 0.846. The van der Waals surface area contributed by atoms with Gasteiger partial charge in [-0.2, -0.15) is 0 Å². The minimum atomic E-state index is -3.80. The molecule has 12 nitrogen and oxygen atoms in total. The Balaban J connectivity index is 1.47. The summed E-state index contributed by atoms with van der Waals surface area (Å²) in [6.45, 7) is 7.07. The van der Waals surface area contributed by atoms with Crippen LogP contribution in [0.15, 0.2) is 0 Å². The van der Waals surface area contributed by atoms with Crippen molar-refractivity contribution in [3.8, 4) is 0 Å². The maximum Gasteiger partial charge on any atom is 0.408 e. The molecule has 0 aromatic carbocycles. The molecule has 3 saturated carbocycles. The fourth-order valence-electron chi connectivity index (χ4n) is 5.73. The molecule has 0 spiro atoms. The lowest BCUT2D eigenvalue weighted by Gasteiger charge is -2.35. The van der Waals surface area contributed by atoms with Crippen molar-refractivity contribution in [1.82, 2.24) is 20.3 Å². The van der Waals surface area contributed by atoms with Crippen LogP contribution in [0.25, 0.3) is 0 Å². The lowest BCUT2D eigenvalue weighted by molar-refractivity contribution is -0.143. The molecular weight excluding hydrogens is 528 g/mol. The summed E-state index contributed by atoms with van der Waals surface area (Å²) in [5.41, 5.74) is -2.12. The van der Waals surface area contributed by atoms with Crippen LogP contribution in [-0.4, -0.2) is 83.9 Å². The Morgan fingerprint density at radius 1 is 1.10 bits per heavy atom. The Labute approximate surface area is 230 Å². The number of ether oxygens (including phenoxy) is 1. The highest BCUT2D eigenvalue weighted by Gasteiger charge is 2.62. The number of hydrogen-bond acceptors (Lipinski definition) is 8. The SMILES string of the molecule is CC[C@@H]1C[C@]1(NC(=O)[C@@H]1C[C@@H](O)CN1C(=O)[C@@H](NC(=O)OC1CCCC1)C(C)(C)C)C(=O)NS(=O)(=O)C1CC1. The smallest absolute Gasteiger partial charge is 0.408 e. The molecule has 1 saturated heterocycles. The maximum absolute atomic E-state index is 13.7. The third-order valence-electron chi connectivity index (χ3n) is 8.36. The third kappa shape index (κ3) is 6.50. The van der Waals surface area contributed by atoms with E-state index in [1.807, 2.05) is 6.92 Å². The first-order valence-electron chi connectivity index (χ1n) is 14.0. The van der Waals surface area contributed by atoms with Gasteiger partial charge in [-0.15, -0.1) is 0 Å². The molecule has 4 N–H and O–H groups in total. The standard InChI is InChI=1S/C26H42N4O8S/c1-5-15-13-26(15,23(34)29-39(36,37)18-10-11-18)28-21(32)19-12-16(31)14-30(19)22(33)20(25(2,3)4)27-24(35)38-17-8-6-7-9-17/h15-20,31H,5-14H2,1-4H3,(H,27,35)(H,28,32)(H,29,34)/t15-,16-,19+,20-,26-/m1/s1. The second kappa shape index (κ2) is 10.9. The molecule has 4 aliphatic rings. The van der Waals surface area contributed by atoms with Crippen LogP contribution in [0.4, 0.5) is 4.79 Å². The Hall–Kier alpha value is -2.41. The van der Waals surface area contributed by atoms with Crippen molar-refractivity contribution in [3.05, 3.63) is 0 Å². The molecule has 0 radical (unpaired) electrons. The Bertz CT molecular complexity index is 1100. The molecule has 0 aromatic rings. The zero-order chi connectivity index (χ0) is 28.8. The summed E-state index contributed by atoms with van der Waals surface area (Å²) in [7, 11) is -3.80.